The number of ether oxygens (including phenoxy) is 2. The van der Waals surface area contributed by atoms with Gasteiger partial charge >= 0.3 is 0 Å². The lowest BCUT2D eigenvalue weighted by atomic mass is 10.3. The number of hydrogen-bond acceptors (Lipinski definition) is 6. The molecule has 0 amide bonds. The number of rotatable bonds is 7. The second-order valence-corrected chi connectivity index (χ2v) is 3.61. The molecule has 18 heavy (non-hydrogen) atoms. The van der Waals surface area contributed by atoms with E-state index in [9.17, 15) is 15.2 Å². The zero-order valence-corrected chi connectivity index (χ0v) is 10.3. The van der Waals surface area contributed by atoms with Crippen molar-refractivity contribution in [2.45, 2.75) is 6.10 Å². The summed E-state index contributed by atoms with van der Waals surface area (Å²) >= 11 is 0. The summed E-state index contributed by atoms with van der Waals surface area (Å²) in [7, 11) is 3.15. The van der Waals surface area contributed by atoms with Gasteiger partial charge in [-0.3, -0.25) is 10.1 Å². The second kappa shape index (κ2) is 6.77. The predicted octanol–water partition coefficient (Wildman–Crippen LogP) is 0.562. The first-order valence-electron chi connectivity index (χ1n) is 5.36. The molecule has 1 aromatic carbocycles. The van der Waals surface area contributed by atoms with E-state index in [-0.39, 0.29) is 18.0 Å². The minimum Gasteiger partial charge on any atom is -0.493 e. The fourth-order valence-electron chi connectivity index (χ4n) is 1.37. The van der Waals surface area contributed by atoms with Crippen molar-refractivity contribution < 1.29 is 19.5 Å². The Bertz CT molecular complexity index is 410. The standard InChI is InChI=1S/C11H16N2O5/c1-12-6-9(14)7-18-11-5-8(13(15)16)3-4-10(11)17-2/h3-5,9,12,14H,6-7H2,1-2H3. The molecular formula is C11H16N2O5. The maximum atomic E-state index is 10.6. The van der Waals surface area contributed by atoms with Gasteiger partial charge in [-0.15, -0.1) is 0 Å². The number of benzene rings is 1. The molecule has 0 aliphatic heterocycles. The van der Waals surface area contributed by atoms with E-state index in [1.54, 1.807) is 7.05 Å². The van der Waals surface area contributed by atoms with Crippen molar-refractivity contribution in [3.63, 3.8) is 0 Å². The number of likely N-dealkylation sites (N-methyl/N-ethyl adjacent to an activating group) is 1. The van der Waals surface area contributed by atoms with E-state index >= 15 is 0 Å². The van der Waals surface area contributed by atoms with Gasteiger partial charge in [-0.2, -0.15) is 0 Å². The van der Waals surface area contributed by atoms with Gasteiger partial charge in [-0.1, -0.05) is 0 Å². The molecule has 1 aromatic rings. The van der Waals surface area contributed by atoms with E-state index in [4.69, 9.17) is 9.47 Å². The van der Waals surface area contributed by atoms with Gasteiger partial charge in [0.25, 0.3) is 5.69 Å². The highest BCUT2D eigenvalue weighted by atomic mass is 16.6. The van der Waals surface area contributed by atoms with Crippen LogP contribution in [0, 0.1) is 10.1 Å². The molecule has 7 nitrogen and oxygen atoms in total. The van der Waals surface area contributed by atoms with E-state index in [2.05, 4.69) is 5.32 Å². The van der Waals surface area contributed by atoms with Crippen molar-refractivity contribution in [1.82, 2.24) is 5.32 Å². The van der Waals surface area contributed by atoms with Crippen molar-refractivity contribution >= 4 is 5.69 Å². The van der Waals surface area contributed by atoms with Gasteiger partial charge < -0.3 is 19.9 Å². The van der Waals surface area contributed by atoms with Crippen LogP contribution in [-0.2, 0) is 0 Å². The van der Waals surface area contributed by atoms with Gasteiger partial charge in [0.15, 0.2) is 11.5 Å². The molecule has 2 N–H and O–H groups in total. The highest BCUT2D eigenvalue weighted by Gasteiger charge is 2.13. The number of aliphatic hydroxyl groups is 1. The molecule has 0 fully saturated rings. The summed E-state index contributed by atoms with van der Waals surface area (Å²) in [6.07, 6.45) is -0.695. The molecule has 1 atom stereocenters. The molecule has 0 aromatic heterocycles. The third-order valence-electron chi connectivity index (χ3n) is 2.23. The molecule has 0 saturated heterocycles. The number of nitrogens with one attached hydrogen (secondary N) is 1. The van der Waals surface area contributed by atoms with Crippen LogP contribution in [-0.4, -0.2) is 43.4 Å². The van der Waals surface area contributed by atoms with E-state index < -0.39 is 11.0 Å². The van der Waals surface area contributed by atoms with Gasteiger partial charge in [-0.25, -0.2) is 0 Å². The third-order valence-corrected chi connectivity index (χ3v) is 2.23. The molecule has 0 spiro atoms. The molecule has 7 heteroatoms. The summed E-state index contributed by atoms with van der Waals surface area (Å²) < 4.78 is 10.3. The van der Waals surface area contributed by atoms with Crippen molar-refractivity contribution in [3.05, 3.63) is 28.3 Å². The van der Waals surface area contributed by atoms with Crippen molar-refractivity contribution in [3.8, 4) is 11.5 Å². The topological polar surface area (TPSA) is 93.9 Å². The van der Waals surface area contributed by atoms with Crippen LogP contribution in [0.2, 0.25) is 0 Å². The van der Waals surface area contributed by atoms with Gasteiger partial charge in [0, 0.05) is 12.6 Å². The normalized spacial score (nSPS) is 11.9. The summed E-state index contributed by atoms with van der Waals surface area (Å²) in [4.78, 5) is 10.1. The Morgan fingerprint density at radius 2 is 2.22 bits per heavy atom. The van der Waals surface area contributed by atoms with E-state index in [0.717, 1.165) is 0 Å². The lowest BCUT2D eigenvalue weighted by Crippen LogP contribution is -2.29. The molecule has 1 unspecified atom stereocenters. The van der Waals surface area contributed by atoms with E-state index in [0.29, 0.717) is 12.3 Å². The van der Waals surface area contributed by atoms with Gasteiger partial charge in [-0.05, 0) is 13.1 Å². The number of nitrogens with zero attached hydrogens (tertiary/aromatic N) is 1. The summed E-state index contributed by atoms with van der Waals surface area (Å²) in [6, 6.07) is 4.05. The van der Waals surface area contributed by atoms with Crippen LogP contribution in [0.15, 0.2) is 18.2 Å². The van der Waals surface area contributed by atoms with Crippen LogP contribution in [0.25, 0.3) is 0 Å². The van der Waals surface area contributed by atoms with Crippen molar-refractivity contribution in [1.29, 1.82) is 0 Å². The molecule has 0 aliphatic carbocycles. The molecule has 0 radical (unpaired) electrons. The van der Waals surface area contributed by atoms with Crippen LogP contribution >= 0.6 is 0 Å². The van der Waals surface area contributed by atoms with Crippen molar-refractivity contribution in [2.75, 3.05) is 27.3 Å². The van der Waals surface area contributed by atoms with Crippen molar-refractivity contribution in [2.24, 2.45) is 0 Å². The number of nitro groups is 1. The fraction of sp³-hybridized carbons (Fsp3) is 0.455. The lowest BCUT2D eigenvalue weighted by molar-refractivity contribution is -0.385. The zero-order chi connectivity index (χ0) is 13.5. The third kappa shape index (κ3) is 3.86. The first-order chi connectivity index (χ1) is 8.58. The average Bonchev–Trinajstić information content (AvgIpc) is 2.36. The summed E-state index contributed by atoms with van der Waals surface area (Å²) in [6.45, 7) is 0.398. The van der Waals surface area contributed by atoms with Gasteiger partial charge in [0.2, 0.25) is 0 Å². The molecule has 0 heterocycles. The highest BCUT2D eigenvalue weighted by molar-refractivity contribution is 5.48. The van der Waals surface area contributed by atoms with E-state index in [1.165, 1.54) is 25.3 Å². The minimum absolute atomic E-state index is 0.0262. The number of non-ortho nitro benzene ring substituents is 1. The molecule has 100 valence electrons. The van der Waals surface area contributed by atoms with Crippen LogP contribution in [0.3, 0.4) is 0 Å². The summed E-state index contributed by atoms with van der Waals surface area (Å²) in [5.41, 5.74) is -0.0890. The maximum Gasteiger partial charge on any atom is 0.273 e. The summed E-state index contributed by atoms with van der Waals surface area (Å²) in [5.74, 6) is 0.624. The lowest BCUT2D eigenvalue weighted by Gasteiger charge is -2.13. The van der Waals surface area contributed by atoms with Crippen LogP contribution in [0.4, 0.5) is 5.69 Å². The molecule has 0 saturated carbocycles. The minimum atomic E-state index is -0.695. The molecule has 1 rings (SSSR count). The molecule has 0 aliphatic rings. The molecular weight excluding hydrogens is 240 g/mol. The largest absolute Gasteiger partial charge is 0.493 e. The Kier molecular flexibility index (Phi) is 5.34. The second-order valence-electron chi connectivity index (χ2n) is 3.61. The molecule has 0 bridgehead atoms. The van der Waals surface area contributed by atoms with Crippen LogP contribution < -0.4 is 14.8 Å². The monoisotopic (exact) mass is 256 g/mol. The van der Waals surface area contributed by atoms with Gasteiger partial charge in [0.05, 0.1) is 18.1 Å². The quantitative estimate of drug-likeness (QED) is 0.547. The zero-order valence-electron chi connectivity index (χ0n) is 10.3. The Morgan fingerprint density at radius 3 is 2.78 bits per heavy atom. The number of methoxy groups -OCH3 is 1. The number of nitro benzene ring substituents is 1. The van der Waals surface area contributed by atoms with E-state index in [1.807, 2.05) is 0 Å². The fourth-order valence-corrected chi connectivity index (χ4v) is 1.37. The Balaban J connectivity index is 2.78. The SMILES string of the molecule is CNCC(O)COc1cc([N+](=O)[O-])ccc1OC. The Labute approximate surface area is 104 Å². The first kappa shape index (κ1) is 14.2. The number of aliphatic hydroxyl groups excluding tert-OH is 1. The highest BCUT2D eigenvalue weighted by Crippen LogP contribution is 2.31. The maximum absolute atomic E-state index is 10.6. The first-order valence-corrected chi connectivity index (χ1v) is 5.36. The Morgan fingerprint density at radius 1 is 1.50 bits per heavy atom. The smallest absolute Gasteiger partial charge is 0.273 e. The Hall–Kier alpha value is -1.86. The number of hydrogen-bond donors (Lipinski definition) is 2. The van der Waals surface area contributed by atoms with Gasteiger partial charge in [0.1, 0.15) is 12.7 Å². The predicted molar refractivity (Wildman–Crippen MR) is 65.1 cm³/mol. The van der Waals surface area contributed by atoms with Crippen LogP contribution in [0.5, 0.6) is 11.5 Å². The average molecular weight is 256 g/mol. The summed E-state index contributed by atoms with van der Waals surface area (Å²) in [5, 5.41) is 22.9. The van der Waals surface area contributed by atoms with Crippen LogP contribution in [0.1, 0.15) is 0 Å².